The van der Waals surface area contributed by atoms with Gasteiger partial charge in [0.15, 0.2) is 5.78 Å². The number of rotatable bonds is 4. The second kappa shape index (κ2) is 5.08. The molecule has 0 aromatic heterocycles. The predicted molar refractivity (Wildman–Crippen MR) is 75.2 cm³/mol. The molecule has 3 heteroatoms. The van der Waals surface area contributed by atoms with Crippen LogP contribution in [0.25, 0.3) is 0 Å². The highest BCUT2D eigenvalue weighted by atomic mass is 19.1. The molecule has 1 aliphatic heterocycles. The van der Waals surface area contributed by atoms with Crippen molar-refractivity contribution < 1.29 is 9.18 Å². The van der Waals surface area contributed by atoms with Crippen molar-refractivity contribution in [3.05, 3.63) is 47.3 Å². The average Bonchev–Trinajstić information content (AvgIpc) is 2.61. The molecule has 2 nitrogen and oxygen atoms in total. The van der Waals surface area contributed by atoms with Gasteiger partial charge in [-0.1, -0.05) is 0 Å². The number of benzene rings is 1. The van der Waals surface area contributed by atoms with Gasteiger partial charge in [0.1, 0.15) is 5.82 Å². The fourth-order valence-corrected chi connectivity index (χ4v) is 2.37. The van der Waals surface area contributed by atoms with Crippen LogP contribution in [-0.4, -0.2) is 17.0 Å². The molecular weight excluding hydrogens is 241 g/mol. The van der Waals surface area contributed by atoms with Gasteiger partial charge in [-0.15, -0.1) is 0 Å². The summed E-state index contributed by atoms with van der Waals surface area (Å²) in [5.74, 6) is -0.285. The molecule has 0 saturated heterocycles. The van der Waals surface area contributed by atoms with E-state index in [1.165, 1.54) is 29.8 Å². The van der Waals surface area contributed by atoms with Gasteiger partial charge >= 0.3 is 0 Å². The Bertz CT molecular complexity index is 557. The van der Waals surface area contributed by atoms with E-state index in [0.717, 1.165) is 5.71 Å². The van der Waals surface area contributed by atoms with E-state index in [2.05, 4.69) is 11.1 Å². The number of aliphatic imine (C=N–C) groups is 1. The zero-order valence-corrected chi connectivity index (χ0v) is 11.5. The summed E-state index contributed by atoms with van der Waals surface area (Å²) >= 11 is 0. The molecule has 0 saturated carbocycles. The summed E-state index contributed by atoms with van der Waals surface area (Å²) in [6.07, 6.45) is 3.16. The summed E-state index contributed by atoms with van der Waals surface area (Å²) in [5, 5.41) is 0. The van der Waals surface area contributed by atoms with Crippen molar-refractivity contribution in [2.45, 2.75) is 39.2 Å². The third kappa shape index (κ3) is 2.98. The molecule has 1 heterocycles. The minimum Gasteiger partial charge on any atom is -0.294 e. The van der Waals surface area contributed by atoms with Crippen LogP contribution >= 0.6 is 0 Å². The Balaban J connectivity index is 2.02. The summed E-state index contributed by atoms with van der Waals surface area (Å²) in [5.41, 5.74) is 2.50. The summed E-state index contributed by atoms with van der Waals surface area (Å²) in [4.78, 5) is 16.6. The third-order valence-electron chi connectivity index (χ3n) is 3.70. The molecule has 19 heavy (non-hydrogen) atoms. The molecule has 1 aromatic carbocycles. The van der Waals surface area contributed by atoms with Crippen molar-refractivity contribution in [3.8, 4) is 0 Å². The Hall–Kier alpha value is -1.77. The number of hydrogen-bond donors (Lipinski definition) is 0. The zero-order chi connectivity index (χ0) is 14.0. The van der Waals surface area contributed by atoms with Crippen LogP contribution < -0.4 is 0 Å². The average molecular weight is 259 g/mol. The van der Waals surface area contributed by atoms with E-state index in [4.69, 9.17) is 0 Å². The maximum Gasteiger partial charge on any atom is 0.162 e. The lowest BCUT2D eigenvalue weighted by molar-refractivity contribution is 0.0974. The zero-order valence-electron chi connectivity index (χ0n) is 11.5. The first kappa shape index (κ1) is 13.7. The van der Waals surface area contributed by atoms with E-state index in [9.17, 15) is 9.18 Å². The van der Waals surface area contributed by atoms with Crippen LogP contribution in [-0.2, 0) is 0 Å². The molecule has 0 N–H and O–H groups in total. The molecule has 1 unspecified atom stereocenters. The van der Waals surface area contributed by atoms with Gasteiger partial charge in [0.05, 0.1) is 5.54 Å². The molecular formula is C16H18FNO. The Labute approximate surface area is 113 Å². The first-order valence-corrected chi connectivity index (χ1v) is 6.45. The van der Waals surface area contributed by atoms with Gasteiger partial charge < -0.3 is 0 Å². The van der Waals surface area contributed by atoms with Gasteiger partial charge in [0.2, 0.25) is 0 Å². The molecule has 2 rings (SSSR count). The summed E-state index contributed by atoms with van der Waals surface area (Å²) in [6.45, 7) is 6.06. The van der Waals surface area contributed by atoms with E-state index in [1.807, 2.05) is 20.8 Å². The van der Waals surface area contributed by atoms with E-state index >= 15 is 0 Å². The molecule has 0 aliphatic carbocycles. The molecule has 0 fully saturated rings. The maximum absolute atomic E-state index is 12.8. The summed E-state index contributed by atoms with van der Waals surface area (Å²) in [7, 11) is 0. The van der Waals surface area contributed by atoms with E-state index in [0.29, 0.717) is 18.4 Å². The van der Waals surface area contributed by atoms with Crippen LogP contribution in [0.2, 0.25) is 0 Å². The van der Waals surface area contributed by atoms with Crippen molar-refractivity contribution >= 4 is 11.5 Å². The second-order valence-electron chi connectivity index (χ2n) is 5.28. The summed E-state index contributed by atoms with van der Waals surface area (Å²) in [6, 6.07) is 5.70. The Morgan fingerprint density at radius 1 is 1.26 bits per heavy atom. The number of ketones is 1. The lowest BCUT2D eigenvalue weighted by Gasteiger charge is -2.22. The number of hydrogen-bond acceptors (Lipinski definition) is 2. The number of carbonyl (C=O) groups is 1. The van der Waals surface area contributed by atoms with Crippen LogP contribution in [0.4, 0.5) is 4.39 Å². The Kier molecular flexibility index (Phi) is 3.65. The third-order valence-corrected chi connectivity index (χ3v) is 3.70. The number of nitrogens with zero attached hydrogens (tertiary/aromatic N) is 1. The van der Waals surface area contributed by atoms with Crippen molar-refractivity contribution in [2.24, 2.45) is 4.99 Å². The molecule has 0 amide bonds. The van der Waals surface area contributed by atoms with Crippen LogP contribution in [0.15, 0.2) is 40.9 Å². The van der Waals surface area contributed by atoms with Gasteiger partial charge in [-0.25, -0.2) is 4.39 Å². The number of allylic oxidation sites excluding steroid dienone is 1. The van der Waals surface area contributed by atoms with Gasteiger partial charge in [-0.3, -0.25) is 9.79 Å². The normalized spacial score (nSPS) is 22.1. The van der Waals surface area contributed by atoms with Gasteiger partial charge in [0, 0.05) is 17.7 Å². The van der Waals surface area contributed by atoms with Crippen molar-refractivity contribution in [1.29, 1.82) is 0 Å². The minimum absolute atomic E-state index is 0.0359. The SMILES string of the molecule is CC1=CC(C)=NC1(C)CCC(=O)c1ccc(F)cc1. The Morgan fingerprint density at radius 2 is 1.89 bits per heavy atom. The number of halogens is 1. The summed E-state index contributed by atoms with van der Waals surface area (Å²) < 4.78 is 12.8. The molecule has 0 bridgehead atoms. The van der Waals surface area contributed by atoms with E-state index in [1.54, 1.807) is 0 Å². The smallest absolute Gasteiger partial charge is 0.162 e. The molecule has 0 radical (unpaired) electrons. The lowest BCUT2D eigenvalue weighted by atomic mass is 9.88. The molecule has 1 atom stereocenters. The van der Waals surface area contributed by atoms with Crippen LogP contribution in [0.5, 0.6) is 0 Å². The number of Topliss-reactive ketones (excluding diaryl/α,β-unsaturated/α-hetero) is 1. The largest absolute Gasteiger partial charge is 0.294 e. The van der Waals surface area contributed by atoms with Gasteiger partial charge in [0.25, 0.3) is 0 Å². The fraction of sp³-hybridized carbons (Fsp3) is 0.375. The van der Waals surface area contributed by atoms with Crippen molar-refractivity contribution in [1.82, 2.24) is 0 Å². The highest BCUT2D eigenvalue weighted by Gasteiger charge is 2.29. The maximum atomic E-state index is 12.8. The predicted octanol–water partition coefficient (Wildman–Crippen LogP) is 3.97. The Morgan fingerprint density at radius 3 is 2.42 bits per heavy atom. The van der Waals surface area contributed by atoms with Gasteiger partial charge in [-0.2, -0.15) is 0 Å². The standard InChI is InChI=1S/C16H18FNO/c1-11-10-12(2)18-16(11,3)9-8-15(19)13-4-6-14(17)7-5-13/h4-7,10H,8-9H2,1-3H3. The minimum atomic E-state index is -0.321. The first-order valence-electron chi connectivity index (χ1n) is 6.45. The molecule has 1 aromatic rings. The highest BCUT2D eigenvalue weighted by molar-refractivity contribution is 5.97. The van der Waals surface area contributed by atoms with Gasteiger partial charge in [-0.05, 0) is 63.1 Å². The van der Waals surface area contributed by atoms with E-state index in [-0.39, 0.29) is 17.1 Å². The molecule has 100 valence electrons. The molecule has 1 aliphatic rings. The quantitative estimate of drug-likeness (QED) is 0.752. The van der Waals surface area contributed by atoms with E-state index < -0.39 is 0 Å². The topological polar surface area (TPSA) is 29.4 Å². The van der Waals surface area contributed by atoms with Crippen LogP contribution in [0, 0.1) is 5.82 Å². The second-order valence-corrected chi connectivity index (χ2v) is 5.28. The molecule has 0 spiro atoms. The van der Waals surface area contributed by atoms with Crippen molar-refractivity contribution in [2.75, 3.05) is 0 Å². The van der Waals surface area contributed by atoms with Crippen LogP contribution in [0.1, 0.15) is 44.0 Å². The highest BCUT2D eigenvalue weighted by Crippen LogP contribution is 2.31. The monoisotopic (exact) mass is 259 g/mol. The lowest BCUT2D eigenvalue weighted by Crippen LogP contribution is -2.22. The van der Waals surface area contributed by atoms with Crippen molar-refractivity contribution in [3.63, 3.8) is 0 Å². The fourth-order valence-electron chi connectivity index (χ4n) is 2.37. The number of carbonyl (C=O) groups excluding carboxylic acids is 1. The first-order chi connectivity index (χ1) is 8.90. The van der Waals surface area contributed by atoms with Crippen LogP contribution in [0.3, 0.4) is 0 Å².